The van der Waals surface area contributed by atoms with Gasteiger partial charge >= 0.3 is 0 Å². The Hall–Kier alpha value is -1.30. The molecule has 0 spiro atoms. The van der Waals surface area contributed by atoms with E-state index in [1.165, 1.54) is 5.56 Å². The Balaban J connectivity index is 2.07. The summed E-state index contributed by atoms with van der Waals surface area (Å²) in [7, 11) is 0. The fourth-order valence-corrected chi connectivity index (χ4v) is 1.48. The van der Waals surface area contributed by atoms with Crippen LogP contribution in [0.25, 0.3) is 0 Å². The molecule has 0 heterocycles. The highest BCUT2D eigenvalue weighted by Gasteiger charge is 2.01. The van der Waals surface area contributed by atoms with Crippen LogP contribution in [0.5, 0.6) is 0 Å². The molecule has 0 aliphatic rings. The van der Waals surface area contributed by atoms with Gasteiger partial charge in [0.25, 0.3) is 0 Å². The van der Waals surface area contributed by atoms with Gasteiger partial charge in [0.1, 0.15) is 0 Å². The molecule has 1 rings (SSSR count). The molecule has 1 aromatic rings. The lowest BCUT2D eigenvalue weighted by atomic mass is 10.2. The molecule has 2 nitrogen and oxygen atoms in total. The predicted molar refractivity (Wildman–Crippen MR) is 71.6 cm³/mol. The summed E-state index contributed by atoms with van der Waals surface area (Å²) in [5.41, 5.74) is 1.23. The summed E-state index contributed by atoms with van der Waals surface area (Å²) in [5, 5.41) is 3.28. The molecule has 1 unspecified atom stereocenters. The Morgan fingerprint density at radius 2 is 2.06 bits per heavy atom. The number of rotatable bonds is 7. The molecule has 17 heavy (non-hydrogen) atoms. The third-order valence-corrected chi connectivity index (χ3v) is 2.40. The van der Waals surface area contributed by atoms with Crippen LogP contribution in [0.15, 0.2) is 30.3 Å². The van der Waals surface area contributed by atoms with E-state index in [4.69, 9.17) is 4.74 Å². The lowest BCUT2D eigenvalue weighted by Gasteiger charge is -2.12. The van der Waals surface area contributed by atoms with Crippen molar-refractivity contribution in [3.63, 3.8) is 0 Å². The summed E-state index contributed by atoms with van der Waals surface area (Å²) in [6.07, 6.45) is 0. The molecule has 0 saturated carbocycles. The van der Waals surface area contributed by atoms with Gasteiger partial charge in [-0.1, -0.05) is 43.2 Å². The molecule has 0 radical (unpaired) electrons. The summed E-state index contributed by atoms with van der Waals surface area (Å²) in [5.74, 6) is 6.36. The molecular formula is C15H21NO. The quantitative estimate of drug-likeness (QED) is 0.575. The minimum absolute atomic E-state index is 0.511. The summed E-state index contributed by atoms with van der Waals surface area (Å²) in [4.78, 5) is 0. The van der Waals surface area contributed by atoms with Crippen LogP contribution in [0.3, 0.4) is 0 Å². The standard InChI is InChI=1S/C15H21NO/c1-3-4-10-16-11-14(2)12-17-13-15-8-6-5-7-9-15/h5-9,14,16H,10-13H2,1-2H3. The van der Waals surface area contributed by atoms with Crippen molar-refractivity contribution in [2.75, 3.05) is 19.7 Å². The lowest BCUT2D eigenvalue weighted by molar-refractivity contribution is 0.0922. The van der Waals surface area contributed by atoms with Crippen LogP contribution in [0.4, 0.5) is 0 Å². The highest BCUT2D eigenvalue weighted by molar-refractivity contribution is 5.13. The van der Waals surface area contributed by atoms with Gasteiger partial charge in [-0.05, 0) is 18.4 Å². The van der Waals surface area contributed by atoms with Gasteiger partial charge in [-0.3, -0.25) is 0 Å². The molecule has 0 aromatic heterocycles. The van der Waals surface area contributed by atoms with E-state index < -0.39 is 0 Å². The Kier molecular flexibility index (Phi) is 7.13. The first-order valence-electron chi connectivity index (χ1n) is 6.05. The number of nitrogens with one attached hydrogen (secondary N) is 1. The van der Waals surface area contributed by atoms with Gasteiger partial charge in [0, 0.05) is 6.54 Å². The van der Waals surface area contributed by atoms with E-state index in [1.54, 1.807) is 0 Å². The van der Waals surface area contributed by atoms with E-state index in [0.717, 1.165) is 19.7 Å². The normalized spacial score (nSPS) is 11.6. The minimum atomic E-state index is 0.511. The molecule has 0 fully saturated rings. The van der Waals surface area contributed by atoms with Crippen LogP contribution in [-0.4, -0.2) is 19.7 Å². The Bertz CT molecular complexity index is 350. The van der Waals surface area contributed by atoms with Crippen molar-refractivity contribution in [1.82, 2.24) is 5.32 Å². The lowest BCUT2D eigenvalue weighted by Crippen LogP contribution is -2.24. The fraction of sp³-hybridized carbons (Fsp3) is 0.467. The summed E-state index contributed by atoms with van der Waals surface area (Å²) >= 11 is 0. The number of ether oxygens (including phenoxy) is 1. The van der Waals surface area contributed by atoms with Crippen LogP contribution < -0.4 is 5.32 Å². The van der Waals surface area contributed by atoms with Crippen molar-refractivity contribution in [2.45, 2.75) is 20.5 Å². The molecular weight excluding hydrogens is 210 g/mol. The highest BCUT2D eigenvalue weighted by Crippen LogP contribution is 2.02. The van der Waals surface area contributed by atoms with Gasteiger partial charge < -0.3 is 10.1 Å². The van der Waals surface area contributed by atoms with E-state index in [2.05, 4.69) is 36.2 Å². The maximum Gasteiger partial charge on any atom is 0.0717 e. The summed E-state index contributed by atoms with van der Waals surface area (Å²) in [6, 6.07) is 10.3. The van der Waals surface area contributed by atoms with Gasteiger partial charge in [0.05, 0.1) is 19.8 Å². The highest BCUT2D eigenvalue weighted by atomic mass is 16.5. The van der Waals surface area contributed by atoms with E-state index in [-0.39, 0.29) is 0 Å². The Labute approximate surface area is 104 Å². The van der Waals surface area contributed by atoms with Crippen molar-refractivity contribution in [3.05, 3.63) is 35.9 Å². The average Bonchev–Trinajstić information content (AvgIpc) is 2.36. The molecule has 1 aromatic carbocycles. The molecule has 0 aliphatic carbocycles. The van der Waals surface area contributed by atoms with Crippen LogP contribution in [0, 0.1) is 17.8 Å². The van der Waals surface area contributed by atoms with Gasteiger partial charge in [0.15, 0.2) is 0 Å². The van der Waals surface area contributed by atoms with Crippen molar-refractivity contribution in [2.24, 2.45) is 5.92 Å². The monoisotopic (exact) mass is 231 g/mol. The first-order chi connectivity index (χ1) is 8.33. The number of benzene rings is 1. The molecule has 92 valence electrons. The van der Waals surface area contributed by atoms with E-state index in [9.17, 15) is 0 Å². The van der Waals surface area contributed by atoms with E-state index in [1.807, 2.05) is 25.1 Å². The molecule has 0 bridgehead atoms. The number of hydrogen-bond donors (Lipinski definition) is 1. The average molecular weight is 231 g/mol. The van der Waals surface area contributed by atoms with E-state index >= 15 is 0 Å². The summed E-state index contributed by atoms with van der Waals surface area (Å²) in [6.45, 7) is 7.22. The van der Waals surface area contributed by atoms with Crippen molar-refractivity contribution in [1.29, 1.82) is 0 Å². The molecule has 0 aliphatic heterocycles. The molecule has 1 N–H and O–H groups in total. The maximum atomic E-state index is 5.66. The second kappa shape index (κ2) is 8.81. The zero-order chi connectivity index (χ0) is 12.3. The van der Waals surface area contributed by atoms with Crippen molar-refractivity contribution in [3.8, 4) is 11.8 Å². The van der Waals surface area contributed by atoms with E-state index in [0.29, 0.717) is 12.5 Å². The molecule has 0 saturated heterocycles. The van der Waals surface area contributed by atoms with Gasteiger partial charge in [-0.15, -0.1) is 5.92 Å². The van der Waals surface area contributed by atoms with Crippen LogP contribution >= 0.6 is 0 Å². The molecule has 1 atom stereocenters. The van der Waals surface area contributed by atoms with Crippen LogP contribution in [0.2, 0.25) is 0 Å². The van der Waals surface area contributed by atoms with Gasteiger partial charge in [-0.25, -0.2) is 0 Å². The zero-order valence-corrected chi connectivity index (χ0v) is 10.7. The first-order valence-corrected chi connectivity index (χ1v) is 6.05. The third-order valence-electron chi connectivity index (χ3n) is 2.40. The second-order valence-electron chi connectivity index (χ2n) is 4.16. The van der Waals surface area contributed by atoms with Crippen LogP contribution in [0.1, 0.15) is 19.4 Å². The second-order valence-corrected chi connectivity index (χ2v) is 4.16. The zero-order valence-electron chi connectivity index (χ0n) is 10.7. The molecule has 0 amide bonds. The Morgan fingerprint density at radius 1 is 1.29 bits per heavy atom. The predicted octanol–water partition coefficient (Wildman–Crippen LogP) is 2.45. The minimum Gasteiger partial charge on any atom is -0.376 e. The Morgan fingerprint density at radius 3 is 2.76 bits per heavy atom. The fourth-order valence-electron chi connectivity index (χ4n) is 1.48. The smallest absolute Gasteiger partial charge is 0.0717 e. The number of hydrogen-bond acceptors (Lipinski definition) is 2. The van der Waals surface area contributed by atoms with Crippen LogP contribution in [-0.2, 0) is 11.3 Å². The SMILES string of the molecule is CC#CCNCC(C)COCc1ccccc1. The van der Waals surface area contributed by atoms with Gasteiger partial charge in [-0.2, -0.15) is 0 Å². The maximum absolute atomic E-state index is 5.66. The topological polar surface area (TPSA) is 21.3 Å². The van der Waals surface area contributed by atoms with Gasteiger partial charge in [0.2, 0.25) is 0 Å². The summed E-state index contributed by atoms with van der Waals surface area (Å²) < 4.78 is 5.66. The van der Waals surface area contributed by atoms with Crippen molar-refractivity contribution >= 4 is 0 Å². The first kappa shape index (κ1) is 13.8. The largest absolute Gasteiger partial charge is 0.376 e. The van der Waals surface area contributed by atoms with Crippen molar-refractivity contribution < 1.29 is 4.74 Å². The molecule has 2 heteroatoms. The third kappa shape index (κ3) is 6.78.